The summed E-state index contributed by atoms with van der Waals surface area (Å²) in [7, 11) is 0. The highest BCUT2D eigenvalue weighted by atomic mass is 35.5. The number of carboxylic acids is 1. The minimum absolute atomic E-state index is 0.168. The van der Waals surface area contributed by atoms with E-state index in [0.717, 1.165) is 5.56 Å². The number of carboxylic acid groups (broad SMARTS) is 1. The molecule has 1 amide bonds. The second kappa shape index (κ2) is 7.09. The van der Waals surface area contributed by atoms with Gasteiger partial charge >= 0.3 is 5.97 Å². The molecular formula is C18H20ClNO4. The SMILES string of the molecule is Cc1coc(CC(=O)O)c1C(=O)NCC(C)(C)c1ccc(Cl)cc1. The van der Waals surface area contributed by atoms with Crippen LogP contribution in [0.25, 0.3) is 0 Å². The third kappa shape index (κ3) is 4.17. The maximum absolute atomic E-state index is 12.5. The van der Waals surface area contributed by atoms with Crippen molar-refractivity contribution in [3.8, 4) is 0 Å². The second-order valence-corrected chi connectivity index (χ2v) is 6.80. The summed E-state index contributed by atoms with van der Waals surface area (Å²) < 4.78 is 5.20. The summed E-state index contributed by atoms with van der Waals surface area (Å²) in [6, 6.07) is 7.47. The Labute approximate surface area is 145 Å². The van der Waals surface area contributed by atoms with E-state index in [0.29, 0.717) is 22.7 Å². The number of aryl methyl sites for hydroxylation is 1. The van der Waals surface area contributed by atoms with E-state index < -0.39 is 5.97 Å². The Hall–Kier alpha value is -2.27. The van der Waals surface area contributed by atoms with Crippen LogP contribution in [0.4, 0.5) is 0 Å². The molecule has 0 radical (unpaired) electrons. The Balaban J connectivity index is 2.11. The van der Waals surface area contributed by atoms with Gasteiger partial charge in [0.2, 0.25) is 0 Å². The zero-order valence-electron chi connectivity index (χ0n) is 13.9. The molecule has 0 saturated heterocycles. The van der Waals surface area contributed by atoms with Crippen LogP contribution in [0.1, 0.15) is 41.1 Å². The number of amides is 1. The molecule has 1 aromatic heterocycles. The normalized spacial score (nSPS) is 11.3. The first-order chi connectivity index (χ1) is 11.2. The van der Waals surface area contributed by atoms with E-state index in [2.05, 4.69) is 5.32 Å². The van der Waals surface area contributed by atoms with Crippen LogP contribution in [0, 0.1) is 6.92 Å². The number of carbonyl (C=O) groups is 2. The highest BCUT2D eigenvalue weighted by Gasteiger charge is 2.25. The fourth-order valence-electron chi connectivity index (χ4n) is 2.46. The third-order valence-electron chi connectivity index (χ3n) is 3.91. The molecule has 0 saturated carbocycles. The van der Waals surface area contributed by atoms with Gasteiger partial charge in [-0.05, 0) is 24.6 Å². The number of carbonyl (C=O) groups excluding carboxylic acids is 1. The number of halogens is 1. The van der Waals surface area contributed by atoms with Gasteiger partial charge in [0.1, 0.15) is 12.2 Å². The molecular weight excluding hydrogens is 330 g/mol. The lowest BCUT2D eigenvalue weighted by Crippen LogP contribution is -2.37. The third-order valence-corrected chi connectivity index (χ3v) is 4.16. The van der Waals surface area contributed by atoms with Crippen molar-refractivity contribution >= 4 is 23.5 Å². The molecule has 0 atom stereocenters. The molecule has 0 aliphatic carbocycles. The maximum Gasteiger partial charge on any atom is 0.311 e. The van der Waals surface area contributed by atoms with Crippen LogP contribution in [-0.2, 0) is 16.6 Å². The van der Waals surface area contributed by atoms with Crippen LogP contribution in [0.2, 0.25) is 5.02 Å². The molecule has 0 aliphatic rings. The molecule has 6 heteroatoms. The lowest BCUT2D eigenvalue weighted by molar-refractivity contribution is -0.136. The quantitative estimate of drug-likeness (QED) is 0.835. The van der Waals surface area contributed by atoms with Crippen molar-refractivity contribution < 1.29 is 19.1 Å². The molecule has 0 fully saturated rings. The highest BCUT2D eigenvalue weighted by molar-refractivity contribution is 6.30. The predicted octanol–water partition coefficient (Wildman–Crippen LogP) is 3.58. The summed E-state index contributed by atoms with van der Waals surface area (Å²) in [6.45, 7) is 6.13. The summed E-state index contributed by atoms with van der Waals surface area (Å²) in [5.74, 6) is -1.21. The van der Waals surface area contributed by atoms with Crippen molar-refractivity contribution in [2.75, 3.05) is 6.54 Å². The molecule has 128 valence electrons. The van der Waals surface area contributed by atoms with Gasteiger partial charge in [0.15, 0.2) is 0 Å². The van der Waals surface area contributed by atoms with Crippen molar-refractivity contribution in [3.05, 3.63) is 58.0 Å². The van der Waals surface area contributed by atoms with Gasteiger partial charge in [-0.15, -0.1) is 0 Å². The minimum Gasteiger partial charge on any atom is -0.481 e. The van der Waals surface area contributed by atoms with E-state index in [-0.39, 0.29) is 23.5 Å². The summed E-state index contributed by atoms with van der Waals surface area (Å²) in [6.07, 6.45) is 1.08. The molecule has 5 nitrogen and oxygen atoms in total. The first-order valence-corrected chi connectivity index (χ1v) is 7.91. The topological polar surface area (TPSA) is 79.5 Å². The molecule has 1 heterocycles. The van der Waals surface area contributed by atoms with Crippen LogP contribution in [0.5, 0.6) is 0 Å². The van der Waals surface area contributed by atoms with Gasteiger partial charge in [0.25, 0.3) is 5.91 Å². The predicted molar refractivity (Wildman–Crippen MR) is 91.6 cm³/mol. The fourth-order valence-corrected chi connectivity index (χ4v) is 2.59. The van der Waals surface area contributed by atoms with E-state index in [1.807, 2.05) is 38.1 Å². The van der Waals surface area contributed by atoms with Crippen LogP contribution < -0.4 is 5.32 Å². The molecule has 24 heavy (non-hydrogen) atoms. The number of benzene rings is 1. The van der Waals surface area contributed by atoms with Gasteiger partial charge in [0.05, 0.1) is 11.8 Å². The van der Waals surface area contributed by atoms with E-state index >= 15 is 0 Å². The molecule has 2 N–H and O–H groups in total. The van der Waals surface area contributed by atoms with Crippen LogP contribution >= 0.6 is 11.6 Å². The zero-order chi connectivity index (χ0) is 17.9. The van der Waals surface area contributed by atoms with E-state index in [9.17, 15) is 9.59 Å². The number of hydrogen-bond donors (Lipinski definition) is 2. The van der Waals surface area contributed by atoms with Gasteiger partial charge in [-0.2, -0.15) is 0 Å². The minimum atomic E-state index is -1.04. The van der Waals surface area contributed by atoms with E-state index in [1.165, 1.54) is 6.26 Å². The number of furan rings is 1. The Morgan fingerprint density at radius 2 is 1.88 bits per heavy atom. The van der Waals surface area contributed by atoms with Gasteiger partial charge in [0, 0.05) is 22.5 Å². The van der Waals surface area contributed by atoms with Gasteiger partial charge in [-0.1, -0.05) is 37.6 Å². The Morgan fingerprint density at radius 1 is 1.25 bits per heavy atom. The van der Waals surface area contributed by atoms with Crippen molar-refractivity contribution in [3.63, 3.8) is 0 Å². The zero-order valence-corrected chi connectivity index (χ0v) is 14.6. The first kappa shape index (κ1) is 18.1. The van der Waals surface area contributed by atoms with Crippen molar-refractivity contribution in [1.29, 1.82) is 0 Å². The average molecular weight is 350 g/mol. The van der Waals surface area contributed by atoms with Crippen molar-refractivity contribution in [2.45, 2.75) is 32.6 Å². The standard InChI is InChI=1S/C18H20ClNO4/c1-11-9-24-14(8-15(21)22)16(11)17(23)20-10-18(2,3)12-4-6-13(19)7-5-12/h4-7,9H,8,10H2,1-3H3,(H,20,23)(H,21,22). The van der Waals surface area contributed by atoms with Crippen molar-refractivity contribution in [2.24, 2.45) is 0 Å². The van der Waals surface area contributed by atoms with Gasteiger partial charge in [-0.25, -0.2) is 0 Å². The number of hydrogen-bond acceptors (Lipinski definition) is 3. The molecule has 0 spiro atoms. The van der Waals surface area contributed by atoms with Gasteiger partial charge in [-0.3, -0.25) is 9.59 Å². The molecule has 1 aromatic carbocycles. The average Bonchev–Trinajstić information content (AvgIpc) is 2.85. The summed E-state index contributed by atoms with van der Waals surface area (Å²) in [4.78, 5) is 23.4. The Bertz CT molecular complexity index is 747. The molecule has 0 aliphatic heterocycles. The summed E-state index contributed by atoms with van der Waals surface area (Å²) in [5, 5.41) is 12.4. The summed E-state index contributed by atoms with van der Waals surface area (Å²) >= 11 is 5.91. The lowest BCUT2D eigenvalue weighted by Gasteiger charge is -2.25. The molecule has 0 unspecified atom stereocenters. The fraction of sp³-hybridized carbons (Fsp3) is 0.333. The monoisotopic (exact) mass is 349 g/mol. The second-order valence-electron chi connectivity index (χ2n) is 6.36. The number of nitrogens with one attached hydrogen (secondary N) is 1. The van der Waals surface area contributed by atoms with Crippen LogP contribution in [0.15, 0.2) is 34.9 Å². The molecule has 2 aromatic rings. The molecule has 2 rings (SSSR count). The maximum atomic E-state index is 12.5. The van der Waals surface area contributed by atoms with E-state index in [4.69, 9.17) is 21.1 Å². The first-order valence-electron chi connectivity index (χ1n) is 7.53. The Morgan fingerprint density at radius 3 is 2.46 bits per heavy atom. The highest BCUT2D eigenvalue weighted by Crippen LogP contribution is 2.24. The van der Waals surface area contributed by atoms with Crippen molar-refractivity contribution in [1.82, 2.24) is 5.32 Å². The molecule has 0 bridgehead atoms. The summed E-state index contributed by atoms with van der Waals surface area (Å²) in [5.41, 5.74) is 1.66. The Kier molecular flexibility index (Phi) is 5.34. The number of rotatable bonds is 6. The largest absolute Gasteiger partial charge is 0.481 e. The van der Waals surface area contributed by atoms with Crippen LogP contribution in [-0.4, -0.2) is 23.5 Å². The number of aliphatic carboxylic acids is 1. The smallest absolute Gasteiger partial charge is 0.311 e. The van der Waals surface area contributed by atoms with Gasteiger partial charge < -0.3 is 14.8 Å². The van der Waals surface area contributed by atoms with Crippen LogP contribution in [0.3, 0.4) is 0 Å². The lowest BCUT2D eigenvalue weighted by atomic mass is 9.84. The van der Waals surface area contributed by atoms with E-state index in [1.54, 1.807) is 6.92 Å².